The van der Waals surface area contributed by atoms with E-state index in [2.05, 4.69) is 0 Å². The zero-order valence-corrected chi connectivity index (χ0v) is 20.8. The first-order valence-electron chi connectivity index (χ1n) is 11.8. The molecule has 2 aliphatic rings. The van der Waals surface area contributed by atoms with E-state index in [1.165, 1.54) is 13.8 Å². The van der Waals surface area contributed by atoms with E-state index >= 15 is 0 Å². The van der Waals surface area contributed by atoms with E-state index in [4.69, 9.17) is 18.9 Å². The van der Waals surface area contributed by atoms with Crippen molar-refractivity contribution in [1.82, 2.24) is 0 Å². The van der Waals surface area contributed by atoms with Crippen molar-refractivity contribution in [3.63, 3.8) is 0 Å². The van der Waals surface area contributed by atoms with Crippen LogP contribution in [0.3, 0.4) is 0 Å². The summed E-state index contributed by atoms with van der Waals surface area (Å²) in [6, 6.07) is 0. The first-order valence-corrected chi connectivity index (χ1v) is 11.8. The summed E-state index contributed by atoms with van der Waals surface area (Å²) in [5.41, 5.74) is -0.468. The Balaban J connectivity index is 2.43. The molecule has 0 unspecified atom stereocenters. The number of hydrogen-bond acceptors (Lipinski definition) is 8. The molecule has 8 nitrogen and oxygen atoms in total. The van der Waals surface area contributed by atoms with Gasteiger partial charge >= 0.3 is 23.9 Å². The molecule has 0 aromatic rings. The lowest BCUT2D eigenvalue weighted by Crippen LogP contribution is -2.44. The van der Waals surface area contributed by atoms with Crippen LogP contribution in [0.2, 0.25) is 0 Å². The van der Waals surface area contributed by atoms with E-state index < -0.39 is 41.8 Å². The lowest BCUT2D eigenvalue weighted by atomic mass is 9.77. The molecule has 0 heterocycles. The normalized spacial score (nSPS) is 34.0. The lowest BCUT2D eigenvalue weighted by molar-refractivity contribution is -0.170. The number of esters is 4. The van der Waals surface area contributed by atoms with Gasteiger partial charge in [-0.2, -0.15) is 0 Å². The van der Waals surface area contributed by atoms with Gasteiger partial charge in [0.05, 0.1) is 0 Å². The van der Waals surface area contributed by atoms with Crippen LogP contribution in [0.15, 0.2) is 11.6 Å². The fourth-order valence-corrected chi connectivity index (χ4v) is 5.42. The van der Waals surface area contributed by atoms with Crippen LogP contribution >= 0.6 is 0 Å². The van der Waals surface area contributed by atoms with E-state index in [0.717, 1.165) is 0 Å². The van der Waals surface area contributed by atoms with E-state index in [1.54, 1.807) is 19.9 Å². The van der Waals surface area contributed by atoms with Gasteiger partial charge in [-0.05, 0) is 39.5 Å². The summed E-state index contributed by atoms with van der Waals surface area (Å²) >= 11 is 0. The first kappa shape index (κ1) is 26.9. The SMILES string of the molecule is C/C=C(/C)C(=O)O[C@@H]1C[C@H]2[C@@H]([C@H]1C)[C@H](OC(C)=O)C[C@@H](OC(=O)CCC)C[C@]2(C)OC(C)=O. The van der Waals surface area contributed by atoms with Crippen molar-refractivity contribution in [1.29, 1.82) is 0 Å². The van der Waals surface area contributed by atoms with Crippen LogP contribution in [0.1, 0.15) is 80.6 Å². The quantitative estimate of drug-likeness (QED) is 0.316. The van der Waals surface area contributed by atoms with Gasteiger partial charge in [0, 0.05) is 50.5 Å². The zero-order valence-electron chi connectivity index (χ0n) is 20.8. The summed E-state index contributed by atoms with van der Waals surface area (Å²) in [5, 5.41) is 0. The number of hydrogen-bond donors (Lipinski definition) is 0. The third kappa shape index (κ3) is 6.58. The largest absolute Gasteiger partial charge is 0.462 e. The van der Waals surface area contributed by atoms with Crippen molar-refractivity contribution in [3.05, 3.63) is 11.6 Å². The van der Waals surface area contributed by atoms with Crippen LogP contribution in [0.4, 0.5) is 0 Å². The second-order valence-corrected chi connectivity index (χ2v) is 9.55. The minimum atomic E-state index is -0.979. The van der Waals surface area contributed by atoms with E-state index in [1.807, 2.05) is 20.8 Å². The summed E-state index contributed by atoms with van der Waals surface area (Å²) in [6.07, 6.45) is 2.10. The Hall–Kier alpha value is -2.38. The average molecular weight is 467 g/mol. The molecule has 2 rings (SSSR count). The van der Waals surface area contributed by atoms with Gasteiger partial charge in [0.2, 0.25) is 0 Å². The summed E-state index contributed by atoms with van der Waals surface area (Å²) in [6.45, 7) is 11.8. The zero-order chi connectivity index (χ0) is 24.9. The van der Waals surface area contributed by atoms with Crippen LogP contribution in [0.5, 0.6) is 0 Å². The standard InChI is InChI=1S/C25H38O8/c1-8-10-22(28)31-18-11-21(30-16(5)26)23-15(4)20(32-24(29)14(3)9-2)12-19(23)25(7,13-18)33-17(6)27/h9,15,18-21,23H,8,10-13H2,1-7H3/b14-9-/t15-,18+,19-,20+,21+,23+,25-/m0/s1. The van der Waals surface area contributed by atoms with Gasteiger partial charge in [0.15, 0.2) is 0 Å². The fraction of sp³-hybridized carbons (Fsp3) is 0.760. The molecular formula is C25H38O8. The first-order chi connectivity index (χ1) is 15.4. The third-order valence-electron chi connectivity index (χ3n) is 6.95. The molecular weight excluding hydrogens is 428 g/mol. The highest BCUT2D eigenvalue weighted by atomic mass is 16.6. The number of allylic oxidation sites excluding steroid dienone is 1. The van der Waals surface area contributed by atoms with Gasteiger partial charge < -0.3 is 18.9 Å². The van der Waals surface area contributed by atoms with Crippen molar-refractivity contribution >= 4 is 23.9 Å². The molecule has 0 aromatic carbocycles. The minimum absolute atomic E-state index is 0.159. The molecule has 0 saturated heterocycles. The van der Waals surface area contributed by atoms with E-state index in [0.29, 0.717) is 24.8 Å². The maximum absolute atomic E-state index is 12.5. The van der Waals surface area contributed by atoms with Crippen LogP contribution in [0.25, 0.3) is 0 Å². The molecule has 0 bridgehead atoms. The Morgan fingerprint density at radius 1 is 0.970 bits per heavy atom. The number of carbonyl (C=O) groups excluding carboxylic acids is 4. The van der Waals surface area contributed by atoms with Gasteiger partial charge in [0.25, 0.3) is 0 Å². The van der Waals surface area contributed by atoms with Gasteiger partial charge in [-0.15, -0.1) is 0 Å². The molecule has 8 heteroatoms. The number of carbonyl (C=O) groups is 4. The fourth-order valence-electron chi connectivity index (χ4n) is 5.42. The summed E-state index contributed by atoms with van der Waals surface area (Å²) in [4.78, 5) is 48.8. The Bertz CT molecular complexity index is 787. The van der Waals surface area contributed by atoms with Crippen LogP contribution in [0, 0.1) is 17.8 Å². The summed E-state index contributed by atoms with van der Waals surface area (Å²) in [5.74, 6) is -2.26. The minimum Gasteiger partial charge on any atom is -0.462 e. The highest BCUT2D eigenvalue weighted by Gasteiger charge is 2.58. The highest BCUT2D eigenvalue weighted by Crippen LogP contribution is 2.52. The van der Waals surface area contributed by atoms with Crippen molar-refractivity contribution in [2.45, 2.75) is 104 Å². The molecule has 0 N–H and O–H groups in total. The number of rotatable bonds is 7. The summed E-state index contributed by atoms with van der Waals surface area (Å²) < 4.78 is 23.1. The van der Waals surface area contributed by atoms with Crippen molar-refractivity contribution in [2.24, 2.45) is 17.8 Å². The van der Waals surface area contributed by atoms with Crippen molar-refractivity contribution < 1.29 is 38.1 Å². The maximum Gasteiger partial charge on any atom is 0.333 e. The second-order valence-electron chi connectivity index (χ2n) is 9.55. The predicted octanol–water partition coefficient (Wildman–Crippen LogP) is 3.90. The Labute approximate surface area is 196 Å². The molecule has 0 aromatic heterocycles. The molecule has 186 valence electrons. The monoisotopic (exact) mass is 466 g/mol. The number of ether oxygens (including phenoxy) is 4. The highest BCUT2D eigenvalue weighted by molar-refractivity contribution is 5.87. The third-order valence-corrected chi connectivity index (χ3v) is 6.95. The van der Waals surface area contributed by atoms with Gasteiger partial charge in [-0.3, -0.25) is 14.4 Å². The maximum atomic E-state index is 12.5. The Kier molecular flexibility index (Phi) is 9.09. The van der Waals surface area contributed by atoms with Crippen LogP contribution < -0.4 is 0 Å². The van der Waals surface area contributed by atoms with Gasteiger partial charge in [0.1, 0.15) is 23.9 Å². The lowest BCUT2D eigenvalue weighted by Gasteiger charge is -2.38. The summed E-state index contributed by atoms with van der Waals surface area (Å²) in [7, 11) is 0. The molecule has 0 amide bonds. The molecule has 2 aliphatic carbocycles. The predicted molar refractivity (Wildman–Crippen MR) is 120 cm³/mol. The van der Waals surface area contributed by atoms with Crippen molar-refractivity contribution in [3.8, 4) is 0 Å². The molecule has 2 saturated carbocycles. The molecule has 7 atom stereocenters. The molecule has 0 aliphatic heterocycles. The van der Waals surface area contributed by atoms with Crippen LogP contribution in [-0.2, 0) is 38.1 Å². The van der Waals surface area contributed by atoms with Crippen LogP contribution in [-0.4, -0.2) is 47.8 Å². The van der Waals surface area contributed by atoms with Crippen molar-refractivity contribution in [2.75, 3.05) is 0 Å². The molecule has 0 spiro atoms. The smallest absolute Gasteiger partial charge is 0.333 e. The molecule has 33 heavy (non-hydrogen) atoms. The van der Waals surface area contributed by atoms with Gasteiger partial charge in [-0.1, -0.05) is 19.9 Å². The Morgan fingerprint density at radius 2 is 1.64 bits per heavy atom. The van der Waals surface area contributed by atoms with E-state index in [9.17, 15) is 19.2 Å². The average Bonchev–Trinajstić information content (AvgIpc) is 2.97. The van der Waals surface area contributed by atoms with E-state index in [-0.39, 0.29) is 36.6 Å². The molecule has 0 radical (unpaired) electrons. The molecule has 2 fully saturated rings. The second kappa shape index (κ2) is 11.2. The number of fused-ring (bicyclic) bond motifs is 1. The topological polar surface area (TPSA) is 105 Å². The Morgan fingerprint density at radius 3 is 2.18 bits per heavy atom. The van der Waals surface area contributed by atoms with Gasteiger partial charge in [-0.25, -0.2) is 4.79 Å².